The normalized spacial score (nSPS) is 12.1. The van der Waals surface area contributed by atoms with Gasteiger partial charge in [-0.1, -0.05) is 17.7 Å². The Morgan fingerprint density at radius 2 is 2.29 bits per heavy atom. The first-order valence-electron chi connectivity index (χ1n) is 4.47. The largest absolute Gasteiger partial charge is 0.480 e. The monoisotopic (exact) mass is 276 g/mol. The van der Waals surface area contributed by atoms with E-state index in [4.69, 9.17) is 22.4 Å². The van der Waals surface area contributed by atoms with Crippen LogP contribution in [0.25, 0.3) is 0 Å². The smallest absolute Gasteiger partial charge is 0.321 e. The molecule has 0 aliphatic carbocycles. The molecule has 17 heavy (non-hydrogen) atoms. The molecule has 6 nitrogen and oxygen atoms in total. The fourth-order valence-corrected chi connectivity index (χ4v) is 2.35. The fourth-order valence-electron chi connectivity index (χ4n) is 1.03. The van der Waals surface area contributed by atoms with Crippen molar-refractivity contribution in [2.24, 2.45) is 5.73 Å². The molecule has 92 valence electrons. The molecule has 1 aromatic rings. The van der Waals surface area contributed by atoms with E-state index in [1.54, 1.807) is 0 Å². The van der Waals surface area contributed by atoms with E-state index in [0.717, 1.165) is 11.8 Å². The molecule has 1 aromatic carbocycles. The number of carboxylic acids is 1. The van der Waals surface area contributed by atoms with E-state index < -0.39 is 16.9 Å². The molecular weight excluding hydrogens is 268 g/mol. The molecule has 0 aromatic heterocycles. The van der Waals surface area contributed by atoms with Crippen LogP contribution in [0.4, 0.5) is 5.69 Å². The third-order valence-corrected chi connectivity index (χ3v) is 3.54. The second-order valence-corrected chi connectivity index (χ2v) is 4.54. The minimum absolute atomic E-state index is 0.0138. The number of hydrogen-bond donors (Lipinski definition) is 2. The predicted molar refractivity (Wildman–Crippen MR) is 64.4 cm³/mol. The standard InChI is InChI=1S/C9H9ClN2O4S/c10-5-2-1-3-7(12(15)16)8(5)17-4-6(11)9(13)14/h1-3,6H,4,11H2,(H,13,14)/t6-/m0/s1. The Bertz CT molecular complexity index is 455. The highest BCUT2D eigenvalue weighted by molar-refractivity contribution is 7.99. The molecular formula is C9H9ClN2O4S. The van der Waals surface area contributed by atoms with Crippen LogP contribution < -0.4 is 5.73 Å². The van der Waals surface area contributed by atoms with Gasteiger partial charge in [-0.05, 0) is 6.07 Å². The molecule has 0 saturated carbocycles. The van der Waals surface area contributed by atoms with Crippen LogP contribution >= 0.6 is 23.4 Å². The number of benzene rings is 1. The molecule has 1 atom stereocenters. The van der Waals surface area contributed by atoms with Gasteiger partial charge in [0, 0.05) is 11.8 Å². The summed E-state index contributed by atoms with van der Waals surface area (Å²) in [6.45, 7) is 0. The van der Waals surface area contributed by atoms with Crippen LogP contribution in [0.1, 0.15) is 0 Å². The number of rotatable bonds is 5. The summed E-state index contributed by atoms with van der Waals surface area (Å²) >= 11 is 6.78. The van der Waals surface area contributed by atoms with E-state index in [0.29, 0.717) is 0 Å². The number of hydrogen-bond acceptors (Lipinski definition) is 5. The Kier molecular flexibility index (Phi) is 4.73. The second-order valence-electron chi connectivity index (χ2n) is 3.10. The maximum atomic E-state index is 10.7. The summed E-state index contributed by atoms with van der Waals surface area (Å²) in [5.74, 6) is -1.15. The predicted octanol–water partition coefficient (Wildman–Crippen LogP) is 1.75. The lowest BCUT2D eigenvalue weighted by Crippen LogP contribution is -2.32. The average Bonchev–Trinajstić information content (AvgIpc) is 2.26. The molecule has 3 N–H and O–H groups in total. The number of carbonyl (C=O) groups is 1. The molecule has 0 amide bonds. The van der Waals surface area contributed by atoms with Crippen molar-refractivity contribution < 1.29 is 14.8 Å². The summed E-state index contributed by atoms with van der Waals surface area (Å²) in [6, 6.07) is 3.18. The van der Waals surface area contributed by atoms with Gasteiger partial charge in [0.2, 0.25) is 0 Å². The van der Waals surface area contributed by atoms with Crippen molar-refractivity contribution in [1.82, 2.24) is 0 Å². The van der Waals surface area contributed by atoms with Crippen LogP contribution in [0.15, 0.2) is 23.1 Å². The molecule has 1 rings (SSSR count). The first kappa shape index (κ1) is 13.8. The molecule has 0 saturated heterocycles. The van der Waals surface area contributed by atoms with Crippen molar-refractivity contribution in [3.63, 3.8) is 0 Å². The van der Waals surface area contributed by atoms with Gasteiger partial charge in [-0.15, -0.1) is 11.8 Å². The van der Waals surface area contributed by atoms with E-state index in [9.17, 15) is 14.9 Å². The zero-order chi connectivity index (χ0) is 13.0. The average molecular weight is 277 g/mol. The van der Waals surface area contributed by atoms with Gasteiger partial charge < -0.3 is 10.8 Å². The van der Waals surface area contributed by atoms with Crippen LogP contribution in [0.2, 0.25) is 5.02 Å². The van der Waals surface area contributed by atoms with Gasteiger partial charge in [-0.2, -0.15) is 0 Å². The lowest BCUT2D eigenvalue weighted by molar-refractivity contribution is -0.387. The number of nitro benzene ring substituents is 1. The van der Waals surface area contributed by atoms with Crippen LogP contribution in [0.5, 0.6) is 0 Å². The van der Waals surface area contributed by atoms with Gasteiger partial charge in [0.15, 0.2) is 0 Å². The Morgan fingerprint density at radius 3 is 2.82 bits per heavy atom. The maximum absolute atomic E-state index is 10.7. The number of thioether (sulfide) groups is 1. The third kappa shape index (κ3) is 3.58. The number of halogens is 1. The Balaban J connectivity index is 2.90. The first-order valence-corrected chi connectivity index (χ1v) is 5.84. The van der Waals surface area contributed by atoms with Gasteiger partial charge in [-0.25, -0.2) is 0 Å². The van der Waals surface area contributed by atoms with Crippen molar-refractivity contribution in [1.29, 1.82) is 0 Å². The number of carboxylic acid groups (broad SMARTS) is 1. The summed E-state index contributed by atoms with van der Waals surface area (Å²) in [4.78, 5) is 20.9. The van der Waals surface area contributed by atoms with Crippen molar-refractivity contribution in [2.75, 3.05) is 5.75 Å². The summed E-state index contributed by atoms with van der Waals surface area (Å²) in [5.41, 5.74) is 5.15. The highest BCUT2D eigenvalue weighted by Gasteiger charge is 2.20. The zero-order valence-electron chi connectivity index (χ0n) is 8.50. The summed E-state index contributed by atoms with van der Waals surface area (Å²) in [5, 5.41) is 19.6. The van der Waals surface area contributed by atoms with Crippen molar-refractivity contribution in [3.05, 3.63) is 33.3 Å². The maximum Gasteiger partial charge on any atom is 0.321 e. The SMILES string of the molecule is N[C@@H](CSc1c(Cl)cccc1[N+](=O)[O-])C(=O)O. The van der Waals surface area contributed by atoms with E-state index >= 15 is 0 Å². The number of nitrogens with zero attached hydrogens (tertiary/aromatic N) is 1. The fraction of sp³-hybridized carbons (Fsp3) is 0.222. The lowest BCUT2D eigenvalue weighted by Gasteiger charge is -2.07. The molecule has 0 spiro atoms. The highest BCUT2D eigenvalue weighted by atomic mass is 35.5. The zero-order valence-corrected chi connectivity index (χ0v) is 10.1. The first-order chi connectivity index (χ1) is 7.93. The Labute approximate surface area is 106 Å². The third-order valence-electron chi connectivity index (χ3n) is 1.87. The molecule has 0 heterocycles. The Morgan fingerprint density at radius 1 is 1.65 bits per heavy atom. The number of nitro groups is 1. The van der Waals surface area contributed by atoms with Gasteiger partial charge in [0.05, 0.1) is 9.95 Å². The van der Waals surface area contributed by atoms with Gasteiger partial charge in [0.1, 0.15) is 10.9 Å². The quantitative estimate of drug-likeness (QED) is 0.482. The van der Waals surface area contributed by atoms with Crippen molar-refractivity contribution in [3.8, 4) is 0 Å². The molecule has 0 radical (unpaired) electrons. The van der Waals surface area contributed by atoms with E-state index in [1.807, 2.05) is 0 Å². The van der Waals surface area contributed by atoms with Gasteiger partial charge in [-0.3, -0.25) is 14.9 Å². The second kappa shape index (κ2) is 5.85. The van der Waals surface area contributed by atoms with Crippen LogP contribution in [0, 0.1) is 10.1 Å². The van der Waals surface area contributed by atoms with E-state index in [1.165, 1.54) is 18.2 Å². The van der Waals surface area contributed by atoms with Crippen LogP contribution in [0.3, 0.4) is 0 Å². The summed E-state index contributed by atoms with van der Waals surface area (Å²) in [7, 11) is 0. The van der Waals surface area contributed by atoms with E-state index in [-0.39, 0.29) is 21.4 Å². The summed E-state index contributed by atoms with van der Waals surface area (Å²) < 4.78 is 0. The Hall–Kier alpha value is -1.31. The molecule has 0 aliphatic heterocycles. The molecule has 8 heteroatoms. The minimum Gasteiger partial charge on any atom is -0.480 e. The van der Waals surface area contributed by atoms with Crippen molar-refractivity contribution in [2.45, 2.75) is 10.9 Å². The number of nitrogens with two attached hydrogens (primary N) is 1. The van der Waals surface area contributed by atoms with Gasteiger partial charge >= 0.3 is 5.97 Å². The van der Waals surface area contributed by atoms with Crippen LogP contribution in [-0.2, 0) is 4.79 Å². The summed E-state index contributed by atoms with van der Waals surface area (Å²) in [6.07, 6.45) is 0. The van der Waals surface area contributed by atoms with E-state index in [2.05, 4.69) is 0 Å². The molecule has 0 aliphatic rings. The molecule has 0 unspecified atom stereocenters. The molecule has 0 bridgehead atoms. The number of aliphatic carboxylic acids is 1. The lowest BCUT2D eigenvalue weighted by atomic mass is 10.3. The molecule has 0 fully saturated rings. The van der Waals surface area contributed by atoms with Gasteiger partial charge in [0.25, 0.3) is 5.69 Å². The van der Waals surface area contributed by atoms with Crippen LogP contribution in [-0.4, -0.2) is 27.8 Å². The minimum atomic E-state index is -1.16. The highest BCUT2D eigenvalue weighted by Crippen LogP contribution is 2.35. The van der Waals surface area contributed by atoms with Crippen molar-refractivity contribution >= 4 is 35.0 Å². The topological polar surface area (TPSA) is 106 Å².